The van der Waals surface area contributed by atoms with Crippen LogP contribution < -0.4 is 19.6 Å². The van der Waals surface area contributed by atoms with E-state index in [-0.39, 0.29) is 56.9 Å². The minimum absolute atomic E-state index is 0.0172. The van der Waals surface area contributed by atoms with Crippen molar-refractivity contribution in [1.82, 2.24) is 9.58 Å². The van der Waals surface area contributed by atoms with E-state index in [9.17, 15) is 18.8 Å². The van der Waals surface area contributed by atoms with Gasteiger partial charge >= 0.3 is 230 Å². The molecule has 2 atom stereocenters. The van der Waals surface area contributed by atoms with Crippen LogP contribution in [0.4, 0.5) is 18.0 Å². The van der Waals surface area contributed by atoms with Gasteiger partial charge in [-0.2, -0.15) is 0 Å². The van der Waals surface area contributed by atoms with Crippen LogP contribution >= 0.6 is 0 Å². The van der Waals surface area contributed by atoms with Crippen molar-refractivity contribution >= 4 is 31.5 Å². The Morgan fingerprint density at radius 2 is 1.95 bits per heavy atom. The number of methoxy groups -OCH3 is 1. The number of morpholine rings is 1. The van der Waals surface area contributed by atoms with Crippen LogP contribution in [0, 0.1) is 17.5 Å². The van der Waals surface area contributed by atoms with E-state index in [1.54, 1.807) is 17.1 Å². The molecule has 214 valence electrons. The first kappa shape index (κ1) is 27.2. The summed E-state index contributed by atoms with van der Waals surface area (Å²) in [7, 11) is 1.10. The molecule has 0 spiro atoms. The van der Waals surface area contributed by atoms with E-state index in [0.29, 0.717) is 11.6 Å². The van der Waals surface area contributed by atoms with Crippen LogP contribution in [0.3, 0.4) is 0 Å². The number of amides is 1. The van der Waals surface area contributed by atoms with Gasteiger partial charge in [0.05, 0.1) is 7.11 Å². The standard InChI is InChI=1S/C27H22F3N3O7Se/c1-37-27(36)40-13-39-25-18(34)6-7-32-24(25)26(35)31-8-9-38-11-20(31)33(32)23-14-4-2-3-5-19(14)41-12-15-21(23)16(28)10-17(29)22(15)30/h2-7,10,20,23H,8-9,11-13H2,1H3/t20-,23-/m1/s1. The van der Waals surface area contributed by atoms with E-state index in [4.69, 9.17) is 14.2 Å². The molecular weight excluding hydrogens is 614 g/mol. The first-order chi connectivity index (χ1) is 19.8. The molecule has 3 aliphatic heterocycles. The maximum atomic E-state index is 15.8. The Morgan fingerprint density at radius 3 is 2.76 bits per heavy atom. The van der Waals surface area contributed by atoms with Gasteiger partial charge in [-0.15, -0.1) is 0 Å². The molecule has 2 aromatic carbocycles. The van der Waals surface area contributed by atoms with Gasteiger partial charge in [-0.1, -0.05) is 0 Å². The number of pyridine rings is 1. The number of aromatic nitrogens is 1. The second-order valence-corrected chi connectivity index (χ2v) is 11.4. The molecule has 0 N–H and O–H groups in total. The first-order valence-corrected chi connectivity index (χ1v) is 14.5. The summed E-state index contributed by atoms with van der Waals surface area (Å²) in [4.78, 5) is 39.7. The van der Waals surface area contributed by atoms with Crippen LogP contribution in [0.25, 0.3) is 0 Å². The van der Waals surface area contributed by atoms with Crippen LogP contribution in [0.15, 0.2) is 47.4 Å². The van der Waals surface area contributed by atoms with E-state index >= 15 is 8.78 Å². The Morgan fingerprint density at radius 1 is 1.15 bits per heavy atom. The van der Waals surface area contributed by atoms with E-state index in [1.807, 2.05) is 12.1 Å². The van der Waals surface area contributed by atoms with Gasteiger partial charge in [0, 0.05) is 0 Å². The number of halogens is 3. The number of carbonyl (C=O) groups excluding carboxylic acids is 2. The van der Waals surface area contributed by atoms with Gasteiger partial charge in [0.1, 0.15) is 0 Å². The molecule has 14 heteroatoms. The number of rotatable bonds is 4. The van der Waals surface area contributed by atoms with Crippen LogP contribution in [-0.4, -0.2) is 76.4 Å². The van der Waals surface area contributed by atoms with E-state index in [1.165, 1.54) is 15.8 Å². The fourth-order valence-corrected chi connectivity index (χ4v) is 7.68. The molecule has 3 aliphatic rings. The zero-order valence-electron chi connectivity index (χ0n) is 21.5. The summed E-state index contributed by atoms with van der Waals surface area (Å²) in [5.74, 6) is -4.34. The normalized spacial score (nSPS) is 19.4. The Hall–Kier alpha value is -4.00. The monoisotopic (exact) mass is 637 g/mol. The number of hydrogen-bond acceptors (Lipinski definition) is 8. The number of ether oxygens (including phenoxy) is 4. The number of fused-ring (bicyclic) bond motifs is 4. The molecule has 1 saturated heterocycles. The van der Waals surface area contributed by atoms with Crippen molar-refractivity contribution < 1.29 is 41.7 Å². The third kappa shape index (κ3) is 4.52. The second kappa shape index (κ2) is 10.8. The predicted octanol–water partition coefficient (Wildman–Crippen LogP) is 1.77. The summed E-state index contributed by atoms with van der Waals surface area (Å²) in [6, 6.07) is 7.84. The molecule has 0 saturated carbocycles. The average Bonchev–Trinajstić information content (AvgIpc) is 3.15. The van der Waals surface area contributed by atoms with Crippen molar-refractivity contribution in [1.29, 1.82) is 0 Å². The van der Waals surface area contributed by atoms with Crippen LogP contribution in [0.2, 0.25) is 0 Å². The van der Waals surface area contributed by atoms with E-state index in [2.05, 4.69) is 4.74 Å². The number of carbonyl (C=O) groups is 2. The van der Waals surface area contributed by atoms with Crippen molar-refractivity contribution in [3.63, 3.8) is 0 Å². The van der Waals surface area contributed by atoms with Crippen molar-refractivity contribution in [2.75, 3.05) is 38.7 Å². The molecule has 1 aromatic heterocycles. The van der Waals surface area contributed by atoms with Gasteiger partial charge in [-0.25, -0.2) is 0 Å². The van der Waals surface area contributed by atoms with Gasteiger partial charge in [0.15, 0.2) is 0 Å². The summed E-state index contributed by atoms with van der Waals surface area (Å²) in [6.45, 7) is -0.380. The van der Waals surface area contributed by atoms with Crippen LogP contribution in [0.5, 0.6) is 5.75 Å². The topological polar surface area (TPSA) is 99.5 Å². The van der Waals surface area contributed by atoms with Crippen molar-refractivity contribution in [3.05, 3.63) is 92.7 Å². The molecule has 10 nitrogen and oxygen atoms in total. The summed E-state index contributed by atoms with van der Waals surface area (Å²) >= 11 is -0.374. The Labute approximate surface area is 237 Å². The number of hydrogen-bond donors (Lipinski definition) is 0. The molecule has 0 bridgehead atoms. The summed E-state index contributed by atoms with van der Waals surface area (Å²) < 4.78 is 68.1. The van der Waals surface area contributed by atoms with Gasteiger partial charge < -0.3 is 0 Å². The average molecular weight is 636 g/mol. The molecule has 41 heavy (non-hydrogen) atoms. The quantitative estimate of drug-likeness (QED) is 0.185. The van der Waals surface area contributed by atoms with Gasteiger partial charge in [0.2, 0.25) is 0 Å². The summed E-state index contributed by atoms with van der Waals surface area (Å²) in [5, 5.41) is 1.73. The van der Waals surface area contributed by atoms with Crippen molar-refractivity contribution in [3.8, 4) is 5.75 Å². The molecule has 1 amide bonds. The van der Waals surface area contributed by atoms with Crippen molar-refractivity contribution in [2.24, 2.45) is 0 Å². The predicted molar refractivity (Wildman–Crippen MR) is 137 cm³/mol. The Bertz CT molecular complexity index is 1620. The van der Waals surface area contributed by atoms with Gasteiger partial charge in [-0.3, -0.25) is 0 Å². The second-order valence-electron chi connectivity index (χ2n) is 9.27. The minimum atomic E-state index is -1.29. The summed E-state index contributed by atoms with van der Waals surface area (Å²) in [5.41, 5.74) is -0.404. The summed E-state index contributed by atoms with van der Waals surface area (Å²) in [6.07, 6.45) is -0.533. The third-order valence-electron chi connectivity index (χ3n) is 7.14. The van der Waals surface area contributed by atoms with Crippen molar-refractivity contribution in [2.45, 2.75) is 17.5 Å². The SMILES string of the molecule is COC(=O)OCOc1c2n(ccc1=O)N([C@@H]1c3ccccc3[Se]Cc3c(F)c(F)cc(F)c31)[C@@H]1COCCN1C2=O. The molecule has 0 aliphatic carbocycles. The molecule has 3 aromatic rings. The fraction of sp³-hybridized carbons (Fsp3) is 0.296. The number of benzene rings is 2. The molecule has 0 unspecified atom stereocenters. The van der Waals surface area contributed by atoms with E-state index in [0.717, 1.165) is 17.6 Å². The molecule has 4 heterocycles. The maximum absolute atomic E-state index is 15.8. The Balaban J connectivity index is 1.60. The zero-order chi connectivity index (χ0) is 28.8. The molecule has 0 radical (unpaired) electrons. The fourth-order valence-electron chi connectivity index (χ4n) is 5.37. The van der Waals surface area contributed by atoms with Gasteiger partial charge in [-0.05, 0) is 0 Å². The zero-order valence-corrected chi connectivity index (χ0v) is 23.2. The van der Waals surface area contributed by atoms with E-state index < -0.39 is 59.7 Å². The van der Waals surface area contributed by atoms with Gasteiger partial charge in [0.25, 0.3) is 0 Å². The third-order valence-corrected chi connectivity index (χ3v) is 9.48. The molecule has 1 fully saturated rings. The molecule has 6 rings (SSSR count). The van der Waals surface area contributed by atoms with Crippen LogP contribution in [0.1, 0.15) is 33.2 Å². The Kier molecular flexibility index (Phi) is 7.14. The molecular formula is C27H22F3N3O7Se. The van der Waals surface area contributed by atoms with Crippen LogP contribution in [-0.2, 0) is 19.5 Å². The number of nitrogens with zero attached hydrogens (tertiary/aromatic N) is 3. The first-order valence-electron chi connectivity index (χ1n) is 12.5.